The topological polar surface area (TPSA) is 54.9 Å². The lowest BCUT2D eigenvalue weighted by Crippen LogP contribution is -2.22. The number of nitrogens with one attached hydrogen (secondary N) is 1. The maximum absolute atomic E-state index is 12.5. The van der Waals surface area contributed by atoms with Crippen LogP contribution in [0.15, 0.2) is 41.7 Å². The Balaban J connectivity index is 1.58. The van der Waals surface area contributed by atoms with Crippen molar-refractivity contribution in [1.82, 2.24) is 9.97 Å². The van der Waals surface area contributed by atoms with Crippen LogP contribution in [0.4, 0.5) is 5.69 Å². The number of thiophene rings is 1. The van der Waals surface area contributed by atoms with E-state index in [1.54, 1.807) is 17.7 Å². The summed E-state index contributed by atoms with van der Waals surface area (Å²) in [5, 5.41) is 4.84. The second-order valence-corrected chi connectivity index (χ2v) is 8.60. The van der Waals surface area contributed by atoms with Crippen molar-refractivity contribution in [2.24, 2.45) is 0 Å². The van der Waals surface area contributed by atoms with Crippen LogP contribution in [0.2, 0.25) is 0 Å². The number of amides is 1. The van der Waals surface area contributed by atoms with Crippen molar-refractivity contribution < 1.29 is 4.79 Å². The zero-order valence-electron chi connectivity index (χ0n) is 14.0. The number of aryl methyl sites for hydroxylation is 2. The van der Waals surface area contributed by atoms with Crippen molar-refractivity contribution in [2.45, 2.75) is 42.9 Å². The van der Waals surface area contributed by atoms with Gasteiger partial charge in [0.05, 0.1) is 5.25 Å². The first kappa shape index (κ1) is 16.5. The molecule has 25 heavy (non-hydrogen) atoms. The maximum Gasteiger partial charge on any atom is 0.237 e. The van der Waals surface area contributed by atoms with Gasteiger partial charge in [-0.2, -0.15) is 0 Å². The van der Waals surface area contributed by atoms with Gasteiger partial charge in [0.2, 0.25) is 5.91 Å². The molecule has 0 aliphatic heterocycles. The minimum Gasteiger partial charge on any atom is -0.325 e. The summed E-state index contributed by atoms with van der Waals surface area (Å²) in [7, 11) is 0. The zero-order valence-corrected chi connectivity index (χ0v) is 15.6. The average molecular weight is 370 g/mol. The fraction of sp³-hybridized carbons (Fsp3) is 0.316. The standard InChI is InChI=1S/C19H19N3OS2/c1-12(17(23)22-13-7-3-2-4-8-13)24-18-16-14-9-5-6-10-15(14)25-19(16)21-11-20-18/h2-4,7-8,11-12H,5-6,9-10H2,1H3,(H,22,23)/t12-/m0/s1. The molecule has 2 heterocycles. The molecule has 0 spiro atoms. The van der Waals surface area contributed by atoms with E-state index in [2.05, 4.69) is 15.3 Å². The number of rotatable bonds is 4. The highest BCUT2D eigenvalue weighted by Crippen LogP contribution is 2.40. The number of carbonyl (C=O) groups excluding carboxylic acids is 1. The maximum atomic E-state index is 12.5. The highest BCUT2D eigenvalue weighted by molar-refractivity contribution is 8.00. The molecular formula is C19H19N3OS2. The van der Waals surface area contributed by atoms with E-state index in [9.17, 15) is 4.79 Å². The second-order valence-electron chi connectivity index (χ2n) is 6.19. The van der Waals surface area contributed by atoms with Gasteiger partial charge in [0.1, 0.15) is 16.2 Å². The molecule has 0 radical (unpaired) electrons. The predicted octanol–water partition coefficient (Wildman–Crippen LogP) is 4.69. The molecule has 1 aromatic carbocycles. The number of carbonyl (C=O) groups is 1. The van der Waals surface area contributed by atoms with E-state index >= 15 is 0 Å². The summed E-state index contributed by atoms with van der Waals surface area (Å²) in [6, 6.07) is 9.56. The van der Waals surface area contributed by atoms with E-state index in [-0.39, 0.29) is 11.2 Å². The molecule has 1 aliphatic rings. The van der Waals surface area contributed by atoms with E-state index in [1.165, 1.54) is 40.4 Å². The van der Waals surface area contributed by atoms with Gasteiger partial charge in [-0.3, -0.25) is 4.79 Å². The normalized spacial score (nSPS) is 14.9. The molecule has 128 valence electrons. The van der Waals surface area contributed by atoms with Gasteiger partial charge in [0.15, 0.2) is 0 Å². The highest BCUT2D eigenvalue weighted by Gasteiger charge is 2.23. The first-order chi connectivity index (χ1) is 12.2. The molecule has 1 amide bonds. The number of anilines is 1. The molecule has 2 aromatic heterocycles. The van der Waals surface area contributed by atoms with Crippen LogP contribution in [0, 0.1) is 0 Å². The van der Waals surface area contributed by atoms with Crippen LogP contribution in [0.5, 0.6) is 0 Å². The van der Waals surface area contributed by atoms with Gasteiger partial charge in [-0.05, 0) is 50.3 Å². The number of aromatic nitrogens is 2. The van der Waals surface area contributed by atoms with Crippen LogP contribution in [0.25, 0.3) is 10.2 Å². The van der Waals surface area contributed by atoms with Gasteiger partial charge in [-0.25, -0.2) is 9.97 Å². The van der Waals surface area contributed by atoms with Crippen molar-refractivity contribution in [2.75, 3.05) is 5.32 Å². The van der Waals surface area contributed by atoms with Crippen molar-refractivity contribution >= 4 is 44.9 Å². The van der Waals surface area contributed by atoms with E-state index in [0.717, 1.165) is 28.4 Å². The van der Waals surface area contributed by atoms with E-state index in [1.807, 2.05) is 37.3 Å². The van der Waals surface area contributed by atoms with E-state index in [4.69, 9.17) is 0 Å². The largest absolute Gasteiger partial charge is 0.325 e. The number of para-hydroxylation sites is 1. The quantitative estimate of drug-likeness (QED) is 0.535. The summed E-state index contributed by atoms with van der Waals surface area (Å²) in [4.78, 5) is 24.0. The first-order valence-electron chi connectivity index (χ1n) is 8.50. The number of fused-ring (bicyclic) bond motifs is 3. The van der Waals surface area contributed by atoms with Crippen LogP contribution in [0.1, 0.15) is 30.2 Å². The average Bonchev–Trinajstić information content (AvgIpc) is 3.02. The molecule has 1 aliphatic carbocycles. The van der Waals surface area contributed by atoms with Gasteiger partial charge in [-0.15, -0.1) is 11.3 Å². The molecule has 3 aromatic rings. The summed E-state index contributed by atoms with van der Waals surface area (Å²) < 4.78 is 0. The molecule has 6 heteroatoms. The van der Waals surface area contributed by atoms with Crippen molar-refractivity contribution in [3.05, 3.63) is 47.1 Å². The third kappa shape index (κ3) is 3.41. The zero-order chi connectivity index (χ0) is 17.2. The van der Waals surface area contributed by atoms with Gasteiger partial charge in [0, 0.05) is 16.0 Å². The van der Waals surface area contributed by atoms with Crippen LogP contribution >= 0.6 is 23.1 Å². The lowest BCUT2D eigenvalue weighted by Gasteiger charge is -2.14. The third-order valence-corrected chi connectivity index (χ3v) is 6.72. The molecule has 1 atom stereocenters. The van der Waals surface area contributed by atoms with E-state index < -0.39 is 0 Å². The van der Waals surface area contributed by atoms with Crippen LogP contribution in [0.3, 0.4) is 0 Å². The summed E-state index contributed by atoms with van der Waals surface area (Å²) in [5.41, 5.74) is 2.23. The molecule has 4 rings (SSSR count). The van der Waals surface area contributed by atoms with Crippen molar-refractivity contribution in [1.29, 1.82) is 0 Å². The lowest BCUT2D eigenvalue weighted by molar-refractivity contribution is -0.115. The Hall–Kier alpha value is -1.92. The molecule has 0 saturated heterocycles. The summed E-state index contributed by atoms with van der Waals surface area (Å²) in [5.74, 6) is -0.00735. The summed E-state index contributed by atoms with van der Waals surface area (Å²) >= 11 is 3.31. The van der Waals surface area contributed by atoms with Gasteiger partial charge in [0.25, 0.3) is 0 Å². The lowest BCUT2D eigenvalue weighted by atomic mass is 9.97. The van der Waals surface area contributed by atoms with Gasteiger partial charge < -0.3 is 5.32 Å². The molecule has 0 unspecified atom stereocenters. The fourth-order valence-electron chi connectivity index (χ4n) is 3.14. The van der Waals surface area contributed by atoms with Crippen LogP contribution < -0.4 is 5.32 Å². The summed E-state index contributed by atoms with van der Waals surface area (Å²) in [6.45, 7) is 1.93. The van der Waals surface area contributed by atoms with Crippen molar-refractivity contribution in [3.63, 3.8) is 0 Å². The predicted molar refractivity (Wildman–Crippen MR) is 104 cm³/mol. The number of hydrogen-bond donors (Lipinski definition) is 1. The number of thioether (sulfide) groups is 1. The summed E-state index contributed by atoms with van der Waals surface area (Å²) in [6.07, 6.45) is 6.34. The number of nitrogens with zero attached hydrogens (tertiary/aromatic N) is 2. The van der Waals surface area contributed by atoms with Crippen LogP contribution in [-0.2, 0) is 17.6 Å². The third-order valence-electron chi connectivity index (χ3n) is 4.42. The first-order valence-corrected chi connectivity index (χ1v) is 10.2. The van der Waals surface area contributed by atoms with E-state index in [0.29, 0.717) is 0 Å². The SMILES string of the molecule is C[C@H](Sc1ncnc2sc3c(c12)CCCC3)C(=O)Nc1ccccc1. The Kier molecular flexibility index (Phi) is 4.72. The minimum atomic E-state index is -0.225. The van der Waals surface area contributed by atoms with Gasteiger partial charge in [-0.1, -0.05) is 30.0 Å². The highest BCUT2D eigenvalue weighted by atomic mass is 32.2. The van der Waals surface area contributed by atoms with Crippen LogP contribution in [-0.4, -0.2) is 21.1 Å². The Labute approximate surface area is 155 Å². The number of benzene rings is 1. The molecule has 1 N–H and O–H groups in total. The number of hydrogen-bond acceptors (Lipinski definition) is 5. The Bertz CT molecular complexity index is 908. The monoisotopic (exact) mass is 369 g/mol. The molecular weight excluding hydrogens is 350 g/mol. The smallest absolute Gasteiger partial charge is 0.237 e. The molecule has 0 bridgehead atoms. The molecule has 4 nitrogen and oxygen atoms in total. The molecule has 0 fully saturated rings. The Morgan fingerprint density at radius 3 is 2.84 bits per heavy atom. The molecule has 0 saturated carbocycles. The fourth-order valence-corrected chi connectivity index (χ4v) is 5.38. The second kappa shape index (κ2) is 7.14. The Morgan fingerprint density at radius 2 is 2.00 bits per heavy atom. The minimum absolute atomic E-state index is 0.00735. The van der Waals surface area contributed by atoms with Crippen molar-refractivity contribution in [3.8, 4) is 0 Å². The van der Waals surface area contributed by atoms with Gasteiger partial charge >= 0.3 is 0 Å². The Morgan fingerprint density at radius 1 is 1.20 bits per heavy atom.